The van der Waals surface area contributed by atoms with Crippen molar-refractivity contribution >= 4 is 5.91 Å². The summed E-state index contributed by atoms with van der Waals surface area (Å²) in [7, 11) is 0. The Kier molecular flexibility index (Phi) is 6.03. The van der Waals surface area contributed by atoms with Gasteiger partial charge in [-0.25, -0.2) is 14.3 Å². The largest absolute Gasteiger partial charge is 0.273 e. The van der Waals surface area contributed by atoms with Crippen molar-refractivity contribution in [1.82, 2.24) is 5.48 Å². The van der Waals surface area contributed by atoms with E-state index in [1.54, 1.807) is 0 Å². The Labute approximate surface area is 127 Å². The van der Waals surface area contributed by atoms with E-state index in [1.165, 1.54) is 0 Å². The maximum atomic E-state index is 13.4. The van der Waals surface area contributed by atoms with Crippen LogP contribution in [0.2, 0.25) is 0 Å². The smallest absolute Gasteiger partial charge is 0.243 e. The first kappa shape index (κ1) is 16.1. The number of aryl methyl sites for hydroxylation is 1. The summed E-state index contributed by atoms with van der Waals surface area (Å²) in [4.78, 5) is 16.7. The minimum Gasteiger partial charge on any atom is -0.273 e. The Morgan fingerprint density at radius 3 is 2.64 bits per heavy atom. The minimum atomic E-state index is -0.480. The van der Waals surface area contributed by atoms with Gasteiger partial charge in [0.1, 0.15) is 11.6 Å². The predicted octanol–water partition coefficient (Wildman–Crippen LogP) is 3.54. The van der Waals surface area contributed by atoms with Gasteiger partial charge in [0, 0.05) is 6.42 Å². The maximum Gasteiger partial charge on any atom is 0.243 e. The molecule has 0 saturated heterocycles. The molecule has 2 aromatic carbocycles. The summed E-state index contributed by atoms with van der Waals surface area (Å²) < 4.78 is 26.4. The number of hydrogen-bond donors (Lipinski definition) is 1. The number of hydroxylamine groups is 1. The SMILES string of the molecule is O=C(CCCc1cc(F)ccc1F)NOCc1ccccc1. The number of carbonyl (C=O) groups is 1. The fraction of sp³-hybridized carbons (Fsp3) is 0.235. The van der Waals surface area contributed by atoms with E-state index in [9.17, 15) is 13.6 Å². The van der Waals surface area contributed by atoms with Gasteiger partial charge in [0.25, 0.3) is 0 Å². The van der Waals surface area contributed by atoms with Crippen molar-refractivity contribution in [3.63, 3.8) is 0 Å². The van der Waals surface area contributed by atoms with Crippen LogP contribution in [0.15, 0.2) is 48.5 Å². The van der Waals surface area contributed by atoms with E-state index in [0.717, 1.165) is 23.8 Å². The first-order valence-electron chi connectivity index (χ1n) is 7.03. The van der Waals surface area contributed by atoms with Crippen LogP contribution in [0.25, 0.3) is 0 Å². The van der Waals surface area contributed by atoms with Gasteiger partial charge >= 0.3 is 0 Å². The van der Waals surface area contributed by atoms with Crippen molar-refractivity contribution in [3.05, 3.63) is 71.3 Å². The molecule has 5 heteroatoms. The monoisotopic (exact) mass is 305 g/mol. The first-order valence-corrected chi connectivity index (χ1v) is 7.03. The zero-order valence-corrected chi connectivity index (χ0v) is 12.0. The average Bonchev–Trinajstić information content (AvgIpc) is 2.52. The molecule has 0 fully saturated rings. The second-order valence-electron chi connectivity index (χ2n) is 4.89. The first-order chi connectivity index (χ1) is 10.6. The van der Waals surface area contributed by atoms with E-state index in [4.69, 9.17) is 4.84 Å². The van der Waals surface area contributed by atoms with Gasteiger partial charge in [-0.15, -0.1) is 0 Å². The third-order valence-electron chi connectivity index (χ3n) is 3.13. The standard InChI is InChI=1S/C17H17F2NO2/c18-15-9-10-16(19)14(11-15)7-4-8-17(21)20-22-12-13-5-2-1-3-6-13/h1-3,5-6,9-11H,4,7-8,12H2,(H,20,21). The zero-order chi connectivity index (χ0) is 15.8. The average molecular weight is 305 g/mol. The lowest BCUT2D eigenvalue weighted by Crippen LogP contribution is -2.23. The van der Waals surface area contributed by atoms with Crippen molar-refractivity contribution in [2.75, 3.05) is 0 Å². The van der Waals surface area contributed by atoms with E-state index in [0.29, 0.717) is 12.8 Å². The Bertz CT molecular complexity index is 617. The van der Waals surface area contributed by atoms with Gasteiger partial charge in [-0.05, 0) is 42.2 Å². The maximum absolute atomic E-state index is 13.4. The Morgan fingerprint density at radius 1 is 1.09 bits per heavy atom. The van der Waals surface area contributed by atoms with Crippen molar-refractivity contribution in [2.24, 2.45) is 0 Å². The van der Waals surface area contributed by atoms with Gasteiger partial charge in [0.15, 0.2) is 0 Å². The summed E-state index contributed by atoms with van der Waals surface area (Å²) in [6.45, 7) is 0.283. The molecule has 0 aliphatic heterocycles. The fourth-order valence-electron chi connectivity index (χ4n) is 2.00. The van der Waals surface area contributed by atoms with Gasteiger partial charge in [-0.1, -0.05) is 30.3 Å². The summed E-state index contributed by atoms with van der Waals surface area (Å²) in [6, 6.07) is 12.8. The Balaban J connectivity index is 1.66. The van der Waals surface area contributed by atoms with Crippen LogP contribution in [0.5, 0.6) is 0 Å². The lowest BCUT2D eigenvalue weighted by atomic mass is 10.1. The molecule has 0 radical (unpaired) electrons. The van der Waals surface area contributed by atoms with Gasteiger partial charge in [0.05, 0.1) is 6.61 Å². The van der Waals surface area contributed by atoms with Crippen LogP contribution in [0.1, 0.15) is 24.0 Å². The summed E-state index contributed by atoms with van der Waals surface area (Å²) >= 11 is 0. The van der Waals surface area contributed by atoms with Crippen molar-refractivity contribution in [3.8, 4) is 0 Å². The van der Waals surface area contributed by atoms with Crippen LogP contribution >= 0.6 is 0 Å². The molecule has 0 bridgehead atoms. The molecular formula is C17H17F2NO2. The zero-order valence-electron chi connectivity index (χ0n) is 12.0. The highest BCUT2D eigenvalue weighted by atomic mass is 19.1. The van der Waals surface area contributed by atoms with E-state index in [1.807, 2.05) is 30.3 Å². The highest BCUT2D eigenvalue weighted by Crippen LogP contribution is 2.12. The molecule has 0 aliphatic rings. The summed E-state index contributed by atoms with van der Waals surface area (Å²) in [5.41, 5.74) is 3.56. The molecule has 22 heavy (non-hydrogen) atoms. The minimum absolute atomic E-state index is 0.185. The van der Waals surface area contributed by atoms with Crippen molar-refractivity contribution in [2.45, 2.75) is 25.9 Å². The van der Waals surface area contributed by atoms with Crippen LogP contribution in [-0.2, 0) is 22.7 Å². The molecule has 1 amide bonds. The highest BCUT2D eigenvalue weighted by molar-refractivity contribution is 5.74. The van der Waals surface area contributed by atoms with Crippen LogP contribution in [0.3, 0.4) is 0 Å². The lowest BCUT2D eigenvalue weighted by molar-refractivity contribution is -0.134. The molecule has 0 unspecified atom stereocenters. The molecule has 0 saturated carbocycles. The Morgan fingerprint density at radius 2 is 1.86 bits per heavy atom. The Hall–Kier alpha value is -2.27. The van der Waals surface area contributed by atoms with E-state index in [2.05, 4.69) is 5.48 Å². The highest BCUT2D eigenvalue weighted by Gasteiger charge is 2.06. The normalized spacial score (nSPS) is 10.5. The summed E-state index contributed by atoms with van der Waals surface area (Å²) in [6.07, 6.45) is 0.904. The molecular weight excluding hydrogens is 288 g/mol. The van der Waals surface area contributed by atoms with E-state index < -0.39 is 11.6 Å². The molecule has 0 atom stereocenters. The number of halogens is 2. The van der Waals surface area contributed by atoms with Crippen LogP contribution < -0.4 is 5.48 Å². The molecule has 0 aliphatic carbocycles. The number of amides is 1. The van der Waals surface area contributed by atoms with Crippen LogP contribution in [0, 0.1) is 11.6 Å². The molecule has 2 rings (SSSR count). The molecule has 0 aromatic heterocycles. The number of benzene rings is 2. The van der Waals surface area contributed by atoms with Crippen LogP contribution in [-0.4, -0.2) is 5.91 Å². The van der Waals surface area contributed by atoms with Crippen LogP contribution in [0.4, 0.5) is 8.78 Å². The second-order valence-corrected chi connectivity index (χ2v) is 4.89. The molecule has 1 N–H and O–H groups in total. The van der Waals surface area contributed by atoms with Gasteiger partial charge in [-0.3, -0.25) is 9.63 Å². The van der Waals surface area contributed by atoms with Crippen molar-refractivity contribution < 1.29 is 18.4 Å². The molecule has 116 valence electrons. The van der Waals surface area contributed by atoms with Gasteiger partial charge < -0.3 is 0 Å². The van der Waals surface area contributed by atoms with Gasteiger partial charge in [0.2, 0.25) is 5.91 Å². The third-order valence-corrected chi connectivity index (χ3v) is 3.13. The summed E-state index contributed by atoms with van der Waals surface area (Å²) in [5, 5.41) is 0. The number of carbonyl (C=O) groups excluding carboxylic acids is 1. The molecule has 3 nitrogen and oxygen atoms in total. The number of nitrogens with one attached hydrogen (secondary N) is 1. The predicted molar refractivity (Wildman–Crippen MR) is 78.7 cm³/mol. The number of rotatable bonds is 7. The van der Waals surface area contributed by atoms with E-state index >= 15 is 0 Å². The van der Waals surface area contributed by atoms with E-state index in [-0.39, 0.29) is 24.5 Å². The lowest BCUT2D eigenvalue weighted by Gasteiger charge is -2.06. The summed E-state index contributed by atoms with van der Waals surface area (Å²) in [5.74, 6) is -1.22. The molecule has 2 aromatic rings. The molecule has 0 spiro atoms. The third kappa shape index (κ3) is 5.26. The topological polar surface area (TPSA) is 38.3 Å². The quantitative estimate of drug-likeness (QED) is 0.795. The molecule has 0 heterocycles. The fourth-order valence-corrected chi connectivity index (χ4v) is 2.00. The number of hydrogen-bond acceptors (Lipinski definition) is 2. The second kappa shape index (κ2) is 8.24. The van der Waals surface area contributed by atoms with Gasteiger partial charge in [-0.2, -0.15) is 0 Å². The van der Waals surface area contributed by atoms with Crippen molar-refractivity contribution in [1.29, 1.82) is 0 Å².